The van der Waals surface area contributed by atoms with Crippen LogP contribution in [0.15, 0.2) is 23.3 Å². The van der Waals surface area contributed by atoms with Crippen molar-refractivity contribution in [2.45, 2.75) is 110 Å². The van der Waals surface area contributed by atoms with Gasteiger partial charge in [-0.05, 0) is 81.5 Å². The first-order valence-electron chi connectivity index (χ1n) is 12.1. The Labute approximate surface area is 178 Å². The number of rotatable bonds is 6. The maximum Gasteiger partial charge on any atom is 0.0627 e. The van der Waals surface area contributed by atoms with E-state index in [-0.39, 0.29) is 12.0 Å². The lowest BCUT2D eigenvalue weighted by molar-refractivity contribution is 0.00406. The van der Waals surface area contributed by atoms with E-state index in [1.807, 2.05) is 13.8 Å². The SMILES string of the molecule is CC1[C@H](O)CC(=CC=C2CCC[C@@]3(C)C2CCC3[C@@H](C)CCC[C@H](C)O)C[C@H]1O. The van der Waals surface area contributed by atoms with Crippen molar-refractivity contribution >= 4 is 0 Å². The van der Waals surface area contributed by atoms with Crippen molar-refractivity contribution in [3.63, 3.8) is 0 Å². The van der Waals surface area contributed by atoms with Crippen molar-refractivity contribution < 1.29 is 15.3 Å². The van der Waals surface area contributed by atoms with Crippen molar-refractivity contribution in [1.29, 1.82) is 0 Å². The molecule has 0 spiro atoms. The lowest BCUT2D eigenvalue weighted by Gasteiger charge is -2.44. The molecule has 29 heavy (non-hydrogen) atoms. The molecule has 166 valence electrons. The Morgan fingerprint density at radius 2 is 1.76 bits per heavy atom. The Hall–Kier alpha value is -0.640. The lowest BCUT2D eigenvalue weighted by Crippen LogP contribution is -2.36. The van der Waals surface area contributed by atoms with Crippen molar-refractivity contribution in [1.82, 2.24) is 0 Å². The highest BCUT2D eigenvalue weighted by Gasteiger charge is 2.50. The van der Waals surface area contributed by atoms with Gasteiger partial charge in [-0.2, -0.15) is 0 Å². The first kappa shape index (κ1) is 23.0. The molecule has 0 aliphatic heterocycles. The number of aliphatic hydroxyl groups is 3. The van der Waals surface area contributed by atoms with Crippen LogP contribution in [0.4, 0.5) is 0 Å². The van der Waals surface area contributed by atoms with Crippen LogP contribution >= 0.6 is 0 Å². The maximum atomic E-state index is 10.2. The summed E-state index contributed by atoms with van der Waals surface area (Å²) in [6.45, 7) is 8.82. The molecule has 3 aliphatic carbocycles. The van der Waals surface area contributed by atoms with E-state index in [9.17, 15) is 15.3 Å². The minimum atomic E-state index is -0.418. The van der Waals surface area contributed by atoms with Crippen LogP contribution in [0.25, 0.3) is 0 Å². The number of aliphatic hydroxyl groups excluding tert-OH is 3. The van der Waals surface area contributed by atoms with E-state index in [0.29, 0.717) is 24.2 Å². The Morgan fingerprint density at radius 1 is 1.07 bits per heavy atom. The predicted octanol–water partition coefficient (Wildman–Crippen LogP) is 5.39. The molecule has 0 heterocycles. The lowest BCUT2D eigenvalue weighted by atomic mass is 9.60. The molecular weight excluding hydrogens is 360 g/mol. The molecule has 3 heteroatoms. The second kappa shape index (κ2) is 9.66. The Kier molecular flexibility index (Phi) is 7.67. The third-order valence-electron chi connectivity index (χ3n) is 8.70. The van der Waals surface area contributed by atoms with E-state index in [1.54, 1.807) is 5.57 Å². The van der Waals surface area contributed by atoms with Crippen molar-refractivity contribution in [3.8, 4) is 0 Å². The molecule has 3 nitrogen and oxygen atoms in total. The smallest absolute Gasteiger partial charge is 0.0627 e. The second-order valence-corrected chi connectivity index (χ2v) is 10.8. The van der Waals surface area contributed by atoms with E-state index in [0.717, 1.165) is 24.7 Å². The van der Waals surface area contributed by atoms with Crippen LogP contribution < -0.4 is 0 Å². The summed E-state index contributed by atoms with van der Waals surface area (Å²) in [7, 11) is 0. The molecule has 0 radical (unpaired) electrons. The summed E-state index contributed by atoms with van der Waals surface area (Å²) in [6, 6.07) is 0. The molecule has 0 aromatic carbocycles. The van der Waals surface area contributed by atoms with Crippen LogP contribution in [-0.2, 0) is 0 Å². The zero-order valence-corrected chi connectivity index (χ0v) is 19.1. The molecule has 0 aromatic rings. The highest BCUT2D eigenvalue weighted by molar-refractivity contribution is 5.26. The summed E-state index contributed by atoms with van der Waals surface area (Å²) < 4.78 is 0. The zero-order chi connectivity index (χ0) is 21.2. The van der Waals surface area contributed by atoms with Gasteiger partial charge < -0.3 is 15.3 Å². The molecule has 7 atom stereocenters. The Balaban J connectivity index is 1.68. The average Bonchev–Trinajstić information content (AvgIpc) is 3.01. The van der Waals surface area contributed by atoms with Gasteiger partial charge >= 0.3 is 0 Å². The summed E-state index contributed by atoms with van der Waals surface area (Å²) in [5, 5.41) is 30.0. The van der Waals surface area contributed by atoms with Gasteiger partial charge in [0.05, 0.1) is 18.3 Å². The van der Waals surface area contributed by atoms with E-state index in [1.165, 1.54) is 44.1 Å². The van der Waals surface area contributed by atoms with Crippen molar-refractivity contribution in [3.05, 3.63) is 23.3 Å². The van der Waals surface area contributed by atoms with Crippen LogP contribution in [0.3, 0.4) is 0 Å². The van der Waals surface area contributed by atoms with Gasteiger partial charge in [-0.1, -0.05) is 56.9 Å². The molecule has 3 fully saturated rings. The van der Waals surface area contributed by atoms with Crippen LogP contribution in [0.1, 0.15) is 91.9 Å². The average molecular weight is 405 g/mol. The van der Waals surface area contributed by atoms with Gasteiger partial charge in [0.2, 0.25) is 0 Å². The molecule has 0 amide bonds. The van der Waals surface area contributed by atoms with Crippen LogP contribution in [0.2, 0.25) is 0 Å². The monoisotopic (exact) mass is 404 g/mol. The van der Waals surface area contributed by atoms with Crippen molar-refractivity contribution in [2.24, 2.45) is 29.1 Å². The van der Waals surface area contributed by atoms with E-state index >= 15 is 0 Å². The molecular formula is C26H44O3. The van der Waals surface area contributed by atoms with Crippen molar-refractivity contribution in [2.75, 3.05) is 0 Å². The standard InChI is InChI=1S/C26H44O3/c1-17(7-5-8-18(2)27)22-12-13-23-21(9-6-14-26(22,23)4)11-10-20-15-24(28)19(3)25(29)16-20/h10-11,17-19,22-25,27-29H,5-9,12-16H2,1-4H3/t17-,18-,19?,22?,23?,24+,25+,26+/m0/s1. The zero-order valence-electron chi connectivity index (χ0n) is 19.1. The van der Waals surface area contributed by atoms with E-state index in [2.05, 4.69) is 26.0 Å². The summed E-state index contributed by atoms with van der Waals surface area (Å²) >= 11 is 0. The van der Waals surface area contributed by atoms with E-state index in [4.69, 9.17) is 0 Å². The number of hydrogen-bond donors (Lipinski definition) is 3. The molecule has 3 saturated carbocycles. The van der Waals surface area contributed by atoms with Gasteiger partial charge in [0.25, 0.3) is 0 Å². The van der Waals surface area contributed by atoms with Crippen LogP contribution in [0, 0.1) is 29.1 Å². The molecule has 0 aromatic heterocycles. The van der Waals surface area contributed by atoms with Gasteiger partial charge in [-0.15, -0.1) is 0 Å². The summed E-state index contributed by atoms with van der Waals surface area (Å²) in [6.07, 6.45) is 14.7. The third kappa shape index (κ3) is 5.17. The fourth-order valence-corrected chi connectivity index (χ4v) is 6.76. The first-order chi connectivity index (χ1) is 13.7. The van der Waals surface area contributed by atoms with Gasteiger partial charge in [-0.25, -0.2) is 0 Å². The molecule has 2 unspecified atom stereocenters. The molecule has 3 rings (SSSR count). The van der Waals surface area contributed by atoms with Crippen LogP contribution in [-0.4, -0.2) is 33.6 Å². The second-order valence-electron chi connectivity index (χ2n) is 10.8. The topological polar surface area (TPSA) is 60.7 Å². The highest BCUT2D eigenvalue weighted by atomic mass is 16.3. The molecule has 3 N–H and O–H groups in total. The maximum absolute atomic E-state index is 10.2. The fraction of sp³-hybridized carbons (Fsp3) is 0.846. The molecule has 0 bridgehead atoms. The van der Waals surface area contributed by atoms with Gasteiger partial charge in [0.1, 0.15) is 0 Å². The molecule has 3 aliphatic rings. The Bertz CT molecular complexity index is 593. The normalized spacial score (nSPS) is 41.3. The van der Waals surface area contributed by atoms with Crippen LogP contribution in [0.5, 0.6) is 0 Å². The quantitative estimate of drug-likeness (QED) is 0.556. The summed E-state index contributed by atoms with van der Waals surface area (Å²) in [5.74, 6) is 2.18. The van der Waals surface area contributed by atoms with Gasteiger partial charge in [0, 0.05) is 5.92 Å². The first-order valence-corrected chi connectivity index (χ1v) is 12.1. The number of hydrogen-bond acceptors (Lipinski definition) is 3. The Morgan fingerprint density at radius 3 is 2.41 bits per heavy atom. The third-order valence-corrected chi connectivity index (χ3v) is 8.70. The molecule has 0 saturated heterocycles. The van der Waals surface area contributed by atoms with Gasteiger partial charge in [-0.3, -0.25) is 0 Å². The minimum Gasteiger partial charge on any atom is -0.393 e. The van der Waals surface area contributed by atoms with Gasteiger partial charge in [0.15, 0.2) is 0 Å². The minimum absolute atomic E-state index is 0.0244. The number of fused-ring (bicyclic) bond motifs is 1. The summed E-state index contributed by atoms with van der Waals surface area (Å²) in [4.78, 5) is 0. The van der Waals surface area contributed by atoms with E-state index < -0.39 is 12.2 Å². The largest absolute Gasteiger partial charge is 0.393 e. The summed E-state index contributed by atoms with van der Waals surface area (Å²) in [5.41, 5.74) is 3.21. The predicted molar refractivity (Wildman–Crippen MR) is 119 cm³/mol. The fourth-order valence-electron chi connectivity index (χ4n) is 6.76. The number of allylic oxidation sites excluding steroid dienone is 3. The highest BCUT2D eigenvalue weighted by Crippen LogP contribution is 2.59.